The van der Waals surface area contributed by atoms with Crippen molar-refractivity contribution in [1.29, 1.82) is 0 Å². The highest BCUT2D eigenvalue weighted by Gasteiger charge is 2.30. The number of carboxylic acid groups (broad SMARTS) is 1. The number of aromatic nitrogens is 1. The van der Waals surface area contributed by atoms with Gasteiger partial charge in [-0.15, -0.1) is 0 Å². The number of benzene rings is 1. The molecule has 2 heterocycles. The van der Waals surface area contributed by atoms with Gasteiger partial charge in [-0.25, -0.2) is 9.18 Å². The number of anilines is 1. The van der Waals surface area contributed by atoms with Crippen LogP contribution in [0.2, 0.25) is 0 Å². The van der Waals surface area contributed by atoms with Crippen molar-refractivity contribution in [3.63, 3.8) is 0 Å². The van der Waals surface area contributed by atoms with Crippen LogP contribution in [0.1, 0.15) is 34.1 Å². The third-order valence-electron chi connectivity index (χ3n) is 3.84. The first-order valence-corrected chi connectivity index (χ1v) is 7.64. The molecule has 0 saturated carbocycles. The highest BCUT2D eigenvalue weighted by molar-refractivity contribution is 6.06. The number of hydrogen-bond donors (Lipinski definition) is 3. The number of nitrogens with one attached hydrogen (secondary N) is 2. The average Bonchev–Trinajstić information content (AvgIpc) is 2.54. The van der Waals surface area contributed by atoms with Gasteiger partial charge in [-0.05, 0) is 31.2 Å². The van der Waals surface area contributed by atoms with Gasteiger partial charge in [-0.3, -0.25) is 9.78 Å². The summed E-state index contributed by atoms with van der Waals surface area (Å²) in [5, 5.41) is 13.9. The van der Waals surface area contributed by atoms with Crippen LogP contribution in [0.15, 0.2) is 30.5 Å². The van der Waals surface area contributed by atoms with Crippen molar-refractivity contribution in [2.24, 2.45) is 0 Å². The number of hydrogen-bond acceptors (Lipinski definition) is 4. The molecule has 7 nitrogen and oxygen atoms in total. The molecule has 2 amide bonds. The predicted octanol–water partition coefficient (Wildman–Crippen LogP) is 2.87. The standard InChI is InChI=1S/C17H16FN3O4/c1-9-8-10(4-6-19-9)20-16(22)11-2-3-12(18)14-13(21-17(23)24)5-7-25-15(11)14/h2-4,6,8,13,21H,5,7H2,1H3,(H,23,24)(H,19,20,22)/t13-/m0/s1. The Balaban J connectivity index is 1.95. The van der Waals surface area contributed by atoms with E-state index < -0.39 is 23.9 Å². The lowest BCUT2D eigenvalue weighted by Crippen LogP contribution is -2.32. The summed E-state index contributed by atoms with van der Waals surface area (Å²) >= 11 is 0. The molecule has 0 unspecified atom stereocenters. The summed E-state index contributed by atoms with van der Waals surface area (Å²) in [6, 6.07) is 5.02. The van der Waals surface area contributed by atoms with Gasteiger partial charge in [0.25, 0.3) is 5.91 Å². The summed E-state index contributed by atoms with van der Waals surface area (Å²) in [5.41, 5.74) is 1.47. The van der Waals surface area contributed by atoms with Gasteiger partial charge in [0.1, 0.15) is 11.6 Å². The molecule has 1 aromatic heterocycles. The lowest BCUT2D eigenvalue weighted by Gasteiger charge is -2.27. The Morgan fingerprint density at radius 3 is 2.88 bits per heavy atom. The first-order chi connectivity index (χ1) is 12.0. The highest BCUT2D eigenvalue weighted by atomic mass is 19.1. The fourth-order valence-electron chi connectivity index (χ4n) is 2.77. The van der Waals surface area contributed by atoms with Gasteiger partial charge in [-0.1, -0.05) is 0 Å². The number of carbonyl (C=O) groups excluding carboxylic acids is 1. The molecule has 3 rings (SSSR count). The van der Waals surface area contributed by atoms with E-state index in [-0.39, 0.29) is 29.9 Å². The molecule has 8 heteroatoms. The maximum absolute atomic E-state index is 14.2. The van der Waals surface area contributed by atoms with Crippen molar-refractivity contribution < 1.29 is 23.8 Å². The Hall–Kier alpha value is -3.16. The Bertz CT molecular complexity index is 841. The summed E-state index contributed by atoms with van der Waals surface area (Å²) in [7, 11) is 0. The van der Waals surface area contributed by atoms with E-state index in [4.69, 9.17) is 9.84 Å². The van der Waals surface area contributed by atoms with Crippen LogP contribution >= 0.6 is 0 Å². The molecule has 2 aromatic rings. The van der Waals surface area contributed by atoms with Crippen LogP contribution in [-0.2, 0) is 0 Å². The molecule has 3 N–H and O–H groups in total. The number of pyridine rings is 1. The Morgan fingerprint density at radius 1 is 1.36 bits per heavy atom. The second kappa shape index (κ2) is 6.76. The van der Waals surface area contributed by atoms with Crippen LogP contribution in [0.25, 0.3) is 0 Å². The first-order valence-electron chi connectivity index (χ1n) is 7.64. The maximum Gasteiger partial charge on any atom is 0.405 e. The third-order valence-corrected chi connectivity index (χ3v) is 3.84. The molecule has 0 radical (unpaired) electrons. The van der Waals surface area contributed by atoms with E-state index in [1.807, 2.05) is 0 Å². The second-order valence-electron chi connectivity index (χ2n) is 5.62. The minimum absolute atomic E-state index is 0.0483. The van der Waals surface area contributed by atoms with Gasteiger partial charge in [0.2, 0.25) is 0 Å². The zero-order valence-corrected chi connectivity index (χ0v) is 13.4. The summed E-state index contributed by atoms with van der Waals surface area (Å²) < 4.78 is 19.7. The Labute approximate surface area is 142 Å². The zero-order chi connectivity index (χ0) is 18.0. The summed E-state index contributed by atoms with van der Waals surface area (Å²) in [5.74, 6) is -1.03. The minimum atomic E-state index is -1.26. The number of rotatable bonds is 3. The van der Waals surface area contributed by atoms with Crippen LogP contribution in [0, 0.1) is 12.7 Å². The van der Waals surface area contributed by atoms with E-state index >= 15 is 0 Å². The molecule has 25 heavy (non-hydrogen) atoms. The number of ether oxygens (including phenoxy) is 1. The molecule has 1 aliphatic rings. The number of carbonyl (C=O) groups is 2. The topological polar surface area (TPSA) is 101 Å². The summed E-state index contributed by atoms with van der Waals surface area (Å²) in [6.45, 7) is 1.97. The van der Waals surface area contributed by atoms with E-state index in [2.05, 4.69) is 15.6 Å². The van der Waals surface area contributed by atoms with Crippen molar-refractivity contribution in [3.05, 3.63) is 53.1 Å². The zero-order valence-electron chi connectivity index (χ0n) is 13.4. The Morgan fingerprint density at radius 2 is 2.16 bits per heavy atom. The largest absolute Gasteiger partial charge is 0.492 e. The third kappa shape index (κ3) is 3.52. The van der Waals surface area contributed by atoms with Crippen molar-refractivity contribution in [1.82, 2.24) is 10.3 Å². The lowest BCUT2D eigenvalue weighted by molar-refractivity contribution is 0.102. The van der Waals surface area contributed by atoms with Crippen molar-refractivity contribution in [2.75, 3.05) is 11.9 Å². The SMILES string of the molecule is Cc1cc(NC(=O)c2ccc(F)c3c2OCC[C@@H]3NC(=O)O)ccn1. The first kappa shape index (κ1) is 16.7. The molecule has 1 atom stereocenters. The molecule has 0 fully saturated rings. The molecule has 0 saturated heterocycles. The highest BCUT2D eigenvalue weighted by Crippen LogP contribution is 2.37. The molecule has 1 aromatic carbocycles. The van der Waals surface area contributed by atoms with Crippen molar-refractivity contribution in [2.45, 2.75) is 19.4 Å². The molecule has 0 bridgehead atoms. The van der Waals surface area contributed by atoms with E-state index in [0.29, 0.717) is 5.69 Å². The van der Waals surface area contributed by atoms with Crippen molar-refractivity contribution >= 4 is 17.7 Å². The van der Waals surface area contributed by atoms with Gasteiger partial charge in [0.15, 0.2) is 0 Å². The number of amides is 2. The number of nitrogens with zero attached hydrogens (tertiary/aromatic N) is 1. The molecule has 130 valence electrons. The quantitative estimate of drug-likeness (QED) is 0.794. The number of fused-ring (bicyclic) bond motifs is 1. The van der Waals surface area contributed by atoms with E-state index in [1.54, 1.807) is 25.3 Å². The van der Waals surface area contributed by atoms with E-state index in [0.717, 1.165) is 11.8 Å². The van der Waals surface area contributed by atoms with Gasteiger partial charge in [0.05, 0.1) is 23.8 Å². The van der Waals surface area contributed by atoms with Crippen LogP contribution in [0.4, 0.5) is 14.9 Å². The molecule has 0 aliphatic carbocycles. The van der Waals surface area contributed by atoms with Crippen LogP contribution in [-0.4, -0.2) is 28.7 Å². The van der Waals surface area contributed by atoms with Crippen LogP contribution in [0.5, 0.6) is 5.75 Å². The number of halogens is 1. The molecular formula is C17H16FN3O4. The number of aryl methyl sites for hydroxylation is 1. The molecule has 1 aliphatic heterocycles. The predicted molar refractivity (Wildman–Crippen MR) is 87.3 cm³/mol. The normalized spacial score (nSPS) is 15.7. The maximum atomic E-state index is 14.2. The minimum Gasteiger partial charge on any atom is -0.492 e. The van der Waals surface area contributed by atoms with Gasteiger partial charge in [-0.2, -0.15) is 0 Å². The molecular weight excluding hydrogens is 329 g/mol. The van der Waals surface area contributed by atoms with Gasteiger partial charge < -0.3 is 20.5 Å². The van der Waals surface area contributed by atoms with E-state index in [1.165, 1.54) is 6.07 Å². The second-order valence-corrected chi connectivity index (χ2v) is 5.62. The fraction of sp³-hybridized carbons (Fsp3) is 0.235. The van der Waals surface area contributed by atoms with Gasteiger partial charge >= 0.3 is 6.09 Å². The summed E-state index contributed by atoms with van der Waals surface area (Å²) in [4.78, 5) is 27.5. The van der Waals surface area contributed by atoms with Crippen LogP contribution in [0.3, 0.4) is 0 Å². The molecule has 0 spiro atoms. The average molecular weight is 345 g/mol. The van der Waals surface area contributed by atoms with E-state index in [9.17, 15) is 14.0 Å². The Kier molecular flexibility index (Phi) is 4.51. The lowest BCUT2D eigenvalue weighted by atomic mass is 9.96. The van der Waals surface area contributed by atoms with Crippen LogP contribution < -0.4 is 15.4 Å². The summed E-state index contributed by atoms with van der Waals surface area (Å²) in [6.07, 6.45) is 0.582. The fourth-order valence-corrected chi connectivity index (χ4v) is 2.77. The smallest absolute Gasteiger partial charge is 0.405 e. The van der Waals surface area contributed by atoms with Crippen molar-refractivity contribution in [3.8, 4) is 5.75 Å². The monoisotopic (exact) mass is 345 g/mol. The van der Waals surface area contributed by atoms with Gasteiger partial charge in [0, 0.05) is 24.0 Å².